The summed E-state index contributed by atoms with van der Waals surface area (Å²) in [5.74, 6) is 1.25. The highest BCUT2D eigenvalue weighted by Gasteiger charge is 2.22. The van der Waals surface area contributed by atoms with Crippen LogP contribution in [-0.4, -0.2) is 26.4 Å². The van der Waals surface area contributed by atoms with Crippen molar-refractivity contribution < 1.29 is 17.6 Å². The summed E-state index contributed by atoms with van der Waals surface area (Å²) in [6, 6.07) is 15.9. The Bertz CT molecular complexity index is 896. The van der Waals surface area contributed by atoms with Crippen LogP contribution in [0.25, 0.3) is 11.0 Å². The maximum atomic E-state index is 12.7. The fourth-order valence-corrected chi connectivity index (χ4v) is 3.61. The van der Waals surface area contributed by atoms with E-state index in [2.05, 4.69) is 0 Å². The number of hydrogen-bond acceptors (Lipinski definition) is 4. The highest BCUT2D eigenvalue weighted by atomic mass is 32.2. The van der Waals surface area contributed by atoms with Crippen LogP contribution in [0.2, 0.25) is 0 Å². The molecule has 0 N–H and O–H groups in total. The third-order valence-electron chi connectivity index (χ3n) is 3.70. The Hall–Kier alpha value is -2.31. The van der Waals surface area contributed by atoms with Crippen molar-refractivity contribution in [3.63, 3.8) is 0 Å². The minimum atomic E-state index is -3.59. The molecule has 3 aromatic rings. The van der Waals surface area contributed by atoms with E-state index in [9.17, 15) is 8.42 Å². The van der Waals surface area contributed by atoms with Crippen LogP contribution in [0.5, 0.6) is 5.75 Å². The maximum absolute atomic E-state index is 12.7. The highest BCUT2D eigenvalue weighted by Crippen LogP contribution is 2.23. The zero-order valence-electron chi connectivity index (χ0n) is 13.6. The molecule has 0 radical (unpaired) electrons. The van der Waals surface area contributed by atoms with Gasteiger partial charge >= 0.3 is 0 Å². The van der Waals surface area contributed by atoms with Gasteiger partial charge in [0, 0.05) is 12.4 Å². The predicted octanol–water partition coefficient (Wildman–Crippen LogP) is 3.65. The van der Waals surface area contributed by atoms with E-state index in [1.165, 1.54) is 4.31 Å². The van der Waals surface area contributed by atoms with Crippen molar-refractivity contribution in [2.45, 2.75) is 18.4 Å². The highest BCUT2D eigenvalue weighted by molar-refractivity contribution is 7.89. The molecule has 0 unspecified atom stereocenters. The molecule has 0 bridgehead atoms. The van der Waals surface area contributed by atoms with E-state index in [0.29, 0.717) is 18.1 Å². The quantitative estimate of drug-likeness (QED) is 0.684. The van der Waals surface area contributed by atoms with Crippen LogP contribution in [0.1, 0.15) is 12.7 Å². The molecule has 1 aromatic heterocycles. The normalized spacial score (nSPS) is 12.0. The zero-order chi connectivity index (χ0) is 17.2. The van der Waals surface area contributed by atoms with Crippen molar-refractivity contribution >= 4 is 21.0 Å². The second-order valence-electron chi connectivity index (χ2n) is 5.42. The molecule has 5 nitrogen and oxygen atoms in total. The van der Waals surface area contributed by atoms with Gasteiger partial charge in [0.05, 0.1) is 18.0 Å². The Morgan fingerprint density at radius 3 is 2.46 bits per heavy atom. The first-order valence-electron chi connectivity index (χ1n) is 7.67. The van der Waals surface area contributed by atoms with Gasteiger partial charge in [-0.05, 0) is 43.3 Å². The van der Waals surface area contributed by atoms with Gasteiger partial charge < -0.3 is 9.15 Å². The topological polar surface area (TPSA) is 59.8 Å². The average molecular weight is 345 g/mol. The standard InChI is InChI=1S/C18H19NO4S/c1-3-22-15-8-10-17(11-9-15)24(20,21)19(2)13-16-12-14-6-4-5-7-18(14)23-16/h4-12H,3,13H2,1-2H3. The maximum Gasteiger partial charge on any atom is 0.243 e. The lowest BCUT2D eigenvalue weighted by Gasteiger charge is -2.16. The summed E-state index contributed by atoms with van der Waals surface area (Å²) in [6.45, 7) is 2.59. The van der Waals surface area contributed by atoms with Gasteiger partial charge in [-0.25, -0.2) is 8.42 Å². The molecule has 2 aromatic carbocycles. The Morgan fingerprint density at radius 2 is 1.79 bits per heavy atom. The van der Waals surface area contributed by atoms with Crippen molar-refractivity contribution in [2.24, 2.45) is 0 Å². The molecular formula is C18H19NO4S. The molecule has 0 spiro atoms. The number of para-hydroxylation sites is 1. The molecule has 1 heterocycles. The van der Waals surface area contributed by atoms with Crippen LogP contribution in [0.3, 0.4) is 0 Å². The molecule has 0 saturated carbocycles. The van der Waals surface area contributed by atoms with Crippen molar-refractivity contribution in [3.8, 4) is 5.75 Å². The molecule has 0 aliphatic heterocycles. The van der Waals surface area contributed by atoms with E-state index in [0.717, 1.165) is 11.0 Å². The average Bonchev–Trinajstić information content (AvgIpc) is 2.98. The molecule has 126 valence electrons. The third-order valence-corrected chi connectivity index (χ3v) is 5.52. The largest absolute Gasteiger partial charge is 0.494 e. The number of benzene rings is 2. The first kappa shape index (κ1) is 16.5. The van der Waals surface area contributed by atoms with Gasteiger partial charge in [-0.1, -0.05) is 18.2 Å². The predicted molar refractivity (Wildman–Crippen MR) is 92.5 cm³/mol. The van der Waals surface area contributed by atoms with E-state index in [1.54, 1.807) is 31.3 Å². The molecule has 6 heteroatoms. The van der Waals surface area contributed by atoms with Crippen molar-refractivity contribution in [1.82, 2.24) is 4.31 Å². The van der Waals surface area contributed by atoms with Crippen LogP contribution >= 0.6 is 0 Å². The van der Waals surface area contributed by atoms with E-state index >= 15 is 0 Å². The Balaban J connectivity index is 1.80. The van der Waals surface area contributed by atoms with Crippen molar-refractivity contribution in [2.75, 3.05) is 13.7 Å². The number of hydrogen-bond donors (Lipinski definition) is 0. The molecule has 0 fully saturated rings. The molecule has 0 saturated heterocycles. The summed E-state index contributed by atoms with van der Waals surface area (Å²) in [7, 11) is -2.05. The SMILES string of the molecule is CCOc1ccc(S(=O)(=O)N(C)Cc2cc3ccccc3o2)cc1. The van der Waals surface area contributed by atoms with Gasteiger partial charge in [0.25, 0.3) is 0 Å². The van der Waals surface area contributed by atoms with E-state index < -0.39 is 10.0 Å². The van der Waals surface area contributed by atoms with Gasteiger partial charge in [-0.3, -0.25) is 0 Å². The minimum Gasteiger partial charge on any atom is -0.494 e. The lowest BCUT2D eigenvalue weighted by Crippen LogP contribution is -2.26. The number of furan rings is 1. The monoisotopic (exact) mass is 345 g/mol. The van der Waals surface area contributed by atoms with Crippen molar-refractivity contribution in [3.05, 3.63) is 60.4 Å². The summed E-state index contributed by atoms with van der Waals surface area (Å²) in [5, 5.41) is 0.958. The molecule has 3 rings (SSSR count). The smallest absolute Gasteiger partial charge is 0.243 e. The van der Waals surface area contributed by atoms with Gasteiger partial charge in [0.15, 0.2) is 0 Å². The zero-order valence-corrected chi connectivity index (χ0v) is 14.4. The number of rotatable bonds is 6. The first-order valence-corrected chi connectivity index (χ1v) is 9.11. The Morgan fingerprint density at radius 1 is 1.08 bits per heavy atom. The second kappa shape index (κ2) is 6.67. The van der Waals surface area contributed by atoms with Gasteiger partial charge in [-0.2, -0.15) is 4.31 Å². The molecular weight excluding hydrogens is 326 g/mol. The summed E-state index contributed by atoms with van der Waals surface area (Å²) in [6.07, 6.45) is 0. The third kappa shape index (κ3) is 3.29. The molecule has 0 atom stereocenters. The van der Waals surface area contributed by atoms with E-state index in [-0.39, 0.29) is 11.4 Å². The molecule has 0 amide bonds. The molecule has 24 heavy (non-hydrogen) atoms. The van der Waals surface area contributed by atoms with Crippen molar-refractivity contribution in [1.29, 1.82) is 0 Å². The number of ether oxygens (including phenoxy) is 1. The summed E-state index contributed by atoms with van der Waals surface area (Å²) >= 11 is 0. The van der Waals surface area contributed by atoms with E-state index in [1.807, 2.05) is 37.3 Å². The van der Waals surface area contributed by atoms with Crippen LogP contribution in [-0.2, 0) is 16.6 Å². The Kier molecular flexibility index (Phi) is 4.59. The minimum absolute atomic E-state index is 0.171. The fourth-order valence-electron chi connectivity index (χ4n) is 2.47. The van der Waals surface area contributed by atoms with Gasteiger partial charge in [0.1, 0.15) is 17.1 Å². The van der Waals surface area contributed by atoms with Gasteiger partial charge in [-0.15, -0.1) is 0 Å². The summed E-state index contributed by atoms with van der Waals surface area (Å²) in [4.78, 5) is 0.226. The Labute approximate surface area is 141 Å². The van der Waals surface area contributed by atoms with Crippen LogP contribution < -0.4 is 4.74 Å². The summed E-state index contributed by atoms with van der Waals surface area (Å²) in [5.41, 5.74) is 0.749. The van der Waals surface area contributed by atoms with Crippen LogP contribution in [0.15, 0.2) is 63.9 Å². The second-order valence-corrected chi connectivity index (χ2v) is 7.46. The summed E-state index contributed by atoms with van der Waals surface area (Å²) < 4.78 is 37.6. The van der Waals surface area contributed by atoms with Crippen LogP contribution in [0.4, 0.5) is 0 Å². The lowest BCUT2D eigenvalue weighted by molar-refractivity contribution is 0.340. The van der Waals surface area contributed by atoms with Crippen LogP contribution in [0, 0.1) is 0 Å². The number of sulfonamides is 1. The number of fused-ring (bicyclic) bond motifs is 1. The molecule has 0 aliphatic carbocycles. The molecule has 0 aliphatic rings. The number of nitrogens with zero attached hydrogens (tertiary/aromatic N) is 1. The fraction of sp³-hybridized carbons (Fsp3) is 0.222. The first-order chi connectivity index (χ1) is 11.5. The van der Waals surface area contributed by atoms with Gasteiger partial charge in [0.2, 0.25) is 10.0 Å². The lowest BCUT2D eigenvalue weighted by atomic mass is 10.2. The van der Waals surface area contributed by atoms with E-state index in [4.69, 9.17) is 9.15 Å².